The highest BCUT2D eigenvalue weighted by Crippen LogP contribution is 2.53. The van der Waals surface area contributed by atoms with E-state index in [0.29, 0.717) is 5.75 Å². The zero-order valence-electron chi connectivity index (χ0n) is 14.6. The van der Waals surface area contributed by atoms with Crippen LogP contribution in [-0.2, 0) is 10.2 Å². The van der Waals surface area contributed by atoms with Crippen molar-refractivity contribution in [3.05, 3.63) is 59.7 Å². The number of carbonyl (C=O) groups excluding carboxylic acids is 2. The first-order chi connectivity index (χ1) is 13.3. The summed E-state index contributed by atoms with van der Waals surface area (Å²) in [6.45, 7) is 0. The summed E-state index contributed by atoms with van der Waals surface area (Å²) in [7, 11) is 1.38. The monoisotopic (exact) mass is 381 g/mol. The second kappa shape index (κ2) is 6.75. The predicted octanol–water partition coefficient (Wildman–Crippen LogP) is 3.07. The molecule has 6 nitrogen and oxygen atoms in total. The average Bonchev–Trinajstić information content (AvgIpc) is 3.02. The van der Waals surface area contributed by atoms with Gasteiger partial charge in [0.1, 0.15) is 5.75 Å². The number of amides is 1. The molecule has 0 aliphatic carbocycles. The summed E-state index contributed by atoms with van der Waals surface area (Å²) in [6.07, 6.45) is 0. The molecule has 1 amide bonds. The van der Waals surface area contributed by atoms with E-state index in [-0.39, 0.29) is 16.8 Å². The van der Waals surface area contributed by atoms with Crippen LogP contribution in [0.2, 0.25) is 0 Å². The number of anilines is 1. The van der Waals surface area contributed by atoms with Crippen molar-refractivity contribution in [3.63, 3.8) is 0 Å². The van der Waals surface area contributed by atoms with Crippen LogP contribution in [0.3, 0.4) is 0 Å². The maximum atomic E-state index is 15.7. The number of nitriles is 2. The first-order valence-electron chi connectivity index (χ1n) is 8.11. The number of nitrogens with zero attached hydrogens (tertiary/aromatic N) is 2. The third-order valence-electron chi connectivity index (χ3n) is 4.78. The lowest BCUT2D eigenvalue weighted by Crippen LogP contribution is -2.58. The van der Waals surface area contributed by atoms with E-state index in [1.807, 2.05) is 0 Å². The fourth-order valence-electron chi connectivity index (χ4n) is 3.38. The van der Waals surface area contributed by atoms with Crippen LogP contribution in [0.1, 0.15) is 15.9 Å². The zero-order valence-corrected chi connectivity index (χ0v) is 14.6. The molecular formula is C20H13F2N3O3. The Bertz CT molecular complexity index is 1020. The number of hydrogen-bond donors (Lipinski definition) is 1. The zero-order chi connectivity index (χ0) is 20.5. The molecule has 1 atom stereocenters. The molecule has 0 fully saturated rings. The molecule has 1 heterocycles. The number of Topliss-reactive ketones (excluding diaryl/α,β-unsaturated/α-hetero) is 1. The van der Waals surface area contributed by atoms with Crippen LogP contribution in [0.25, 0.3) is 0 Å². The molecule has 0 aromatic heterocycles. The van der Waals surface area contributed by atoms with E-state index in [1.54, 1.807) is 0 Å². The molecule has 1 aliphatic rings. The molecule has 0 radical (unpaired) electrons. The predicted molar refractivity (Wildman–Crippen MR) is 93.7 cm³/mol. The van der Waals surface area contributed by atoms with E-state index >= 15 is 8.78 Å². The quantitative estimate of drug-likeness (QED) is 0.802. The molecule has 2 aromatic rings. The van der Waals surface area contributed by atoms with Gasteiger partial charge in [0.2, 0.25) is 11.7 Å². The van der Waals surface area contributed by atoms with Crippen molar-refractivity contribution in [2.75, 3.05) is 12.4 Å². The Kier molecular flexibility index (Phi) is 4.58. The molecule has 1 aliphatic heterocycles. The average molecular weight is 381 g/mol. The fourth-order valence-corrected chi connectivity index (χ4v) is 3.38. The number of nitrogens with one attached hydrogen (secondary N) is 1. The number of fused-ring (bicyclic) bond motifs is 1. The van der Waals surface area contributed by atoms with Crippen molar-refractivity contribution in [1.29, 1.82) is 10.5 Å². The molecule has 0 unspecified atom stereocenters. The molecule has 140 valence electrons. The molecule has 0 spiro atoms. The first kappa shape index (κ1) is 19.0. The number of ketones is 1. The van der Waals surface area contributed by atoms with E-state index in [4.69, 9.17) is 4.74 Å². The van der Waals surface area contributed by atoms with E-state index in [9.17, 15) is 20.1 Å². The summed E-state index contributed by atoms with van der Waals surface area (Å²) < 4.78 is 36.3. The highest BCUT2D eigenvalue weighted by Gasteiger charge is 2.71. The van der Waals surface area contributed by atoms with Gasteiger partial charge in [-0.1, -0.05) is 18.2 Å². The minimum Gasteiger partial charge on any atom is -0.497 e. The van der Waals surface area contributed by atoms with Crippen LogP contribution in [0.15, 0.2) is 48.5 Å². The normalized spacial score (nSPS) is 18.0. The van der Waals surface area contributed by atoms with Crippen molar-refractivity contribution in [2.24, 2.45) is 5.92 Å². The SMILES string of the molecule is COc1ccc(C(=O)C(F)(F)[C@@]2(C(C#N)C#N)C(=O)Nc3ccccc32)cc1. The van der Waals surface area contributed by atoms with Gasteiger partial charge in [-0.25, -0.2) is 0 Å². The second-order valence-electron chi connectivity index (χ2n) is 6.13. The number of hydrogen-bond acceptors (Lipinski definition) is 5. The van der Waals surface area contributed by atoms with Gasteiger partial charge in [-0.15, -0.1) is 0 Å². The van der Waals surface area contributed by atoms with Gasteiger partial charge in [0.25, 0.3) is 0 Å². The molecule has 28 heavy (non-hydrogen) atoms. The Morgan fingerprint density at radius 2 is 1.75 bits per heavy atom. The topological polar surface area (TPSA) is 103 Å². The molecule has 0 saturated carbocycles. The first-order valence-corrected chi connectivity index (χ1v) is 8.11. The summed E-state index contributed by atoms with van der Waals surface area (Å²) in [5.74, 6) is -9.04. The molecule has 2 aromatic carbocycles. The summed E-state index contributed by atoms with van der Waals surface area (Å²) in [6, 6.07) is 13.3. The van der Waals surface area contributed by atoms with Crippen molar-refractivity contribution in [2.45, 2.75) is 11.3 Å². The minimum atomic E-state index is -4.37. The third kappa shape index (κ3) is 2.43. The lowest BCUT2D eigenvalue weighted by molar-refractivity contribution is -0.134. The summed E-state index contributed by atoms with van der Waals surface area (Å²) >= 11 is 0. The number of methoxy groups -OCH3 is 1. The van der Waals surface area contributed by atoms with Gasteiger partial charge in [0.15, 0.2) is 11.3 Å². The summed E-state index contributed by atoms with van der Waals surface area (Å²) in [4.78, 5) is 25.5. The third-order valence-corrected chi connectivity index (χ3v) is 4.78. The second-order valence-corrected chi connectivity index (χ2v) is 6.13. The van der Waals surface area contributed by atoms with Gasteiger partial charge in [-0.2, -0.15) is 19.3 Å². The molecule has 0 bridgehead atoms. The number of benzene rings is 2. The van der Waals surface area contributed by atoms with Crippen molar-refractivity contribution >= 4 is 17.4 Å². The number of para-hydroxylation sites is 1. The standard InChI is InChI=1S/C20H13F2N3O3/c1-28-14-8-6-12(7-9-14)17(26)20(21,22)19(13(10-23)11-24)15-4-2-3-5-16(15)25-18(19)27/h2-9,13H,1H3,(H,25,27)/t19-/m1/s1. The lowest BCUT2D eigenvalue weighted by Gasteiger charge is -2.35. The number of rotatable bonds is 5. The van der Waals surface area contributed by atoms with E-state index in [1.165, 1.54) is 55.6 Å². The summed E-state index contributed by atoms with van der Waals surface area (Å²) in [5.41, 5.74) is -3.58. The maximum Gasteiger partial charge on any atom is 0.330 e. The van der Waals surface area contributed by atoms with Crippen LogP contribution in [-0.4, -0.2) is 24.7 Å². The Morgan fingerprint density at radius 1 is 1.14 bits per heavy atom. The number of ether oxygens (including phenoxy) is 1. The number of halogens is 2. The molecular weight excluding hydrogens is 368 g/mol. The van der Waals surface area contributed by atoms with Crippen LogP contribution in [0.4, 0.5) is 14.5 Å². The van der Waals surface area contributed by atoms with Crippen molar-refractivity contribution in [1.82, 2.24) is 0 Å². The van der Waals surface area contributed by atoms with Gasteiger partial charge in [-0.05, 0) is 30.3 Å². The van der Waals surface area contributed by atoms with E-state index < -0.39 is 28.9 Å². The molecule has 0 saturated heterocycles. The molecule has 3 rings (SSSR count). The van der Waals surface area contributed by atoms with Crippen LogP contribution < -0.4 is 10.1 Å². The largest absolute Gasteiger partial charge is 0.497 e. The maximum absolute atomic E-state index is 15.7. The smallest absolute Gasteiger partial charge is 0.330 e. The van der Waals surface area contributed by atoms with Gasteiger partial charge < -0.3 is 10.1 Å². The lowest BCUT2D eigenvalue weighted by atomic mass is 9.65. The minimum absolute atomic E-state index is 0.0326. The highest BCUT2D eigenvalue weighted by atomic mass is 19.3. The van der Waals surface area contributed by atoms with Crippen LogP contribution >= 0.6 is 0 Å². The van der Waals surface area contributed by atoms with Gasteiger partial charge in [0.05, 0.1) is 19.2 Å². The van der Waals surface area contributed by atoms with E-state index in [0.717, 1.165) is 12.1 Å². The van der Waals surface area contributed by atoms with Crippen LogP contribution in [0, 0.1) is 28.6 Å². The Balaban J connectivity index is 2.24. The van der Waals surface area contributed by atoms with Crippen molar-refractivity contribution in [3.8, 4) is 17.9 Å². The Hall–Kier alpha value is -3.78. The van der Waals surface area contributed by atoms with E-state index in [2.05, 4.69) is 5.32 Å². The summed E-state index contributed by atoms with van der Waals surface area (Å²) in [5, 5.41) is 21.0. The van der Waals surface area contributed by atoms with Gasteiger partial charge in [0, 0.05) is 16.8 Å². The number of alkyl halides is 2. The van der Waals surface area contributed by atoms with Gasteiger partial charge in [-0.3, -0.25) is 9.59 Å². The Morgan fingerprint density at radius 3 is 2.32 bits per heavy atom. The molecule has 8 heteroatoms. The highest BCUT2D eigenvalue weighted by molar-refractivity contribution is 6.14. The van der Waals surface area contributed by atoms with Gasteiger partial charge >= 0.3 is 5.92 Å². The number of carbonyl (C=O) groups is 2. The van der Waals surface area contributed by atoms with Crippen LogP contribution in [0.5, 0.6) is 5.75 Å². The Labute approximate surface area is 159 Å². The molecule has 1 N–H and O–H groups in total. The van der Waals surface area contributed by atoms with Crippen molar-refractivity contribution < 1.29 is 23.1 Å². The fraction of sp³-hybridized carbons (Fsp3) is 0.200.